The molecule has 0 aliphatic carbocycles. The second kappa shape index (κ2) is 9.16. The molecule has 0 spiro atoms. The van der Waals surface area contributed by atoms with Gasteiger partial charge in [-0.3, -0.25) is 9.69 Å². The van der Waals surface area contributed by atoms with Crippen LogP contribution in [0.15, 0.2) is 30.3 Å². The van der Waals surface area contributed by atoms with Crippen LogP contribution in [0.1, 0.15) is 19.4 Å². The van der Waals surface area contributed by atoms with Gasteiger partial charge in [0.2, 0.25) is 5.91 Å². The number of likely N-dealkylation sites (N-methyl/N-ethyl adjacent to an activating group) is 1. The Bertz CT molecular complexity index is 497. The van der Waals surface area contributed by atoms with Crippen molar-refractivity contribution in [2.45, 2.75) is 26.4 Å². The molecule has 5 nitrogen and oxygen atoms in total. The number of carbonyl (C=O) groups excluding carboxylic acids is 1. The number of carbonyl (C=O) groups is 1. The van der Waals surface area contributed by atoms with E-state index in [1.54, 1.807) is 0 Å². The number of benzene rings is 1. The van der Waals surface area contributed by atoms with Gasteiger partial charge < -0.3 is 15.5 Å². The number of amides is 1. The molecule has 1 saturated heterocycles. The van der Waals surface area contributed by atoms with Gasteiger partial charge in [-0.25, -0.2) is 0 Å². The van der Waals surface area contributed by atoms with E-state index in [2.05, 4.69) is 47.2 Å². The zero-order valence-electron chi connectivity index (χ0n) is 15.3. The van der Waals surface area contributed by atoms with Crippen molar-refractivity contribution in [3.8, 4) is 0 Å². The van der Waals surface area contributed by atoms with E-state index in [4.69, 9.17) is 5.73 Å². The zero-order chi connectivity index (χ0) is 17.5. The standard InChI is InChI=1S/C19H32N4O/c1-16(2)18(20)19(24)23-13-11-22(12-14-23)10-9-21(3)15-17-7-5-4-6-8-17/h4-8,16,18H,9-15,20H2,1-3H3/t18-/m0/s1. The molecule has 1 aliphatic rings. The first-order chi connectivity index (χ1) is 11.5. The van der Waals surface area contributed by atoms with Crippen LogP contribution in [0, 0.1) is 5.92 Å². The fraction of sp³-hybridized carbons (Fsp3) is 0.632. The molecule has 1 heterocycles. The summed E-state index contributed by atoms with van der Waals surface area (Å²) in [7, 11) is 2.16. The minimum atomic E-state index is -0.367. The normalized spacial score (nSPS) is 17.5. The molecular weight excluding hydrogens is 300 g/mol. The van der Waals surface area contributed by atoms with Crippen LogP contribution in [0.25, 0.3) is 0 Å². The number of rotatable bonds is 7. The Hall–Kier alpha value is -1.43. The van der Waals surface area contributed by atoms with Crippen LogP contribution in [-0.4, -0.2) is 73.0 Å². The third kappa shape index (κ3) is 5.58. The molecule has 0 unspecified atom stereocenters. The molecule has 1 aromatic carbocycles. The maximum Gasteiger partial charge on any atom is 0.239 e. The van der Waals surface area contributed by atoms with Crippen LogP contribution in [0.2, 0.25) is 0 Å². The summed E-state index contributed by atoms with van der Waals surface area (Å²) in [5.41, 5.74) is 7.33. The predicted octanol–water partition coefficient (Wildman–Crippen LogP) is 1.25. The minimum Gasteiger partial charge on any atom is -0.339 e. The van der Waals surface area contributed by atoms with Crippen LogP contribution < -0.4 is 5.73 Å². The quantitative estimate of drug-likeness (QED) is 0.816. The van der Waals surface area contributed by atoms with Crippen molar-refractivity contribution in [1.29, 1.82) is 0 Å². The van der Waals surface area contributed by atoms with Crippen LogP contribution in [-0.2, 0) is 11.3 Å². The van der Waals surface area contributed by atoms with Crippen molar-refractivity contribution in [1.82, 2.24) is 14.7 Å². The fourth-order valence-electron chi connectivity index (χ4n) is 2.97. The van der Waals surface area contributed by atoms with Crippen LogP contribution in [0.3, 0.4) is 0 Å². The third-order valence-electron chi connectivity index (χ3n) is 4.78. The van der Waals surface area contributed by atoms with E-state index in [0.29, 0.717) is 0 Å². The van der Waals surface area contributed by atoms with Crippen molar-refractivity contribution >= 4 is 5.91 Å². The number of hydrogen-bond donors (Lipinski definition) is 1. The highest BCUT2D eigenvalue weighted by atomic mass is 16.2. The Kier molecular flexibility index (Phi) is 7.21. The molecule has 2 rings (SSSR count). The molecular formula is C19H32N4O. The number of nitrogens with two attached hydrogens (primary N) is 1. The molecule has 1 aliphatic heterocycles. The van der Waals surface area contributed by atoms with Gasteiger partial charge in [0, 0.05) is 45.8 Å². The Morgan fingerprint density at radius 1 is 1.17 bits per heavy atom. The van der Waals surface area contributed by atoms with E-state index in [-0.39, 0.29) is 17.9 Å². The summed E-state index contributed by atoms with van der Waals surface area (Å²) in [4.78, 5) is 19.0. The van der Waals surface area contributed by atoms with Gasteiger partial charge in [-0.1, -0.05) is 44.2 Å². The number of hydrogen-bond acceptors (Lipinski definition) is 4. The van der Waals surface area contributed by atoms with Gasteiger partial charge in [0.1, 0.15) is 0 Å². The monoisotopic (exact) mass is 332 g/mol. The topological polar surface area (TPSA) is 52.8 Å². The number of piperazine rings is 1. The largest absolute Gasteiger partial charge is 0.339 e. The van der Waals surface area contributed by atoms with E-state index >= 15 is 0 Å². The van der Waals surface area contributed by atoms with E-state index in [9.17, 15) is 4.79 Å². The molecule has 1 amide bonds. The first-order valence-electron chi connectivity index (χ1n) is 8.96. The van der Waals surface area contributed by atoms with Crippen molar-refractivity contribution in [3.05, 3.63) is 35.9 Å². The van der Waals surface area contributed by atoms with Gasteiger partial charge in [0.25, 0.3) is 0 Å². The average molecular weight is 332 g/mol. The first kappa shape index (κ1) is 18.9. The van der Waals surface area contributed by atoms with Crippen LogP contribution in [0.4, 0.5) is 0 Å². The van der Waals surface area contributed by atoms with Crippen LogP contribution >= 0.6 is 0 Å². The fourth-order valence-corrected chi connectivity index (χ4v) is 2.97. The first-order valence-corrected chi connectivity index (χ1v) is 8.96. The molecule has 2 N–H and O–H groups in total. The molecule has 134 valence electrons. The van der Waals surface area contributed by atoms with Gasteiger partial charge in [-0.15, -0.1) is 0 Å². The number of nitrogens with zero attached hydrogens (tertiary/aromatic N) is 3. The molecule has 24 heavy (non-hydrogen) atoms. The van der Waals surface area contributed by atoms with Gasteiger partial charge in [-0.2, -0.15) is 0 Å². The zero-order valence-corrected chi connectivity index (χ0v) is 15.3. The minimum absolute atomic E-state index is 0.103. The lowest BCUT2D eigenvalue weighted by Crippen LogP contribution is -2.54. The van der Waals surface area contributed by atoms with Crippen LogP contribution in [0.5, 0.6) is 0 Å². The average Bonchev–Trinajstić information content (AvgIpc) is 2.60. The third-order valence-corrected chi connectivity index (χ3v) is 4.78. The lowest BCUT2D eigenvalue weighted by atomic mass is 10.0. The molecule has 5 heteroatoms. The Morgan fingerprint density at radius 3 is 2.38 bits per heavy atom. The second-order valence-corrected chi connectivity index (χ2v) is 7.16. The summed E-state index contributed by atoms with van der Waals surface area (Å²) in [6.07, 6.45) is 0. The molecule has 0 saturated carbocycles. The molecule has 0 aromatic heterocycles. The Labute approximate surface area is 146 Å². The van der Waals surface area contributed by atoms with Gasteiger partial charge in [0.15, 0.2) is 0 Å². The second-order valence-electron chi connectivity index (χ2n) is 7.16. The Balaban J connectivity index is 1.68. The maximum absolute atomic E-state index is 12.3. The molecule has 1 fully saturated rings. The molecule has 1 atom stereocenters. The molecule has 1 aromatic rings. The van der Waals surface area contributed by atoms with E-state index in [1.807, 2.05) is 18.7 Å². The van der Waals surface area contributed by atoms with Gasteiger partial charge >= 0.3 is 0 Å². The van der Waals surface area contributed by atoms with Crippen molar-refractivity contribution in [2.75, 3.05) is 46.3 Å². The van der Waals surface area contributed by atoms with E-state index in [1.165, 1.54) is 5.56 Å². The van der Waals surface area contributed by atoms with Crippen molar-refractivity contribution in [3.63, 3.8) is 0 Å². The van der Waals surface area contributed by atoms with Crippen molar-refractivity contribution in [2.24, 2.45) is 11.7 Å². The van der Waals surface area contributed by atoms with E-state index in [0.717, 1.165) is 45.8 Å². The molecule has 0 bridgehead atoms. The van der Waals surface area contributed by atoms with Crippen molar-refractivity contribution < 1.29 is 4.79 Å². The summed E-state index contributed by atoms with van der Waals surface area (Å²) in [6.45, 7) is 10.5. The summed E-state index contributed by atoms with van der Waals surface area (Å²) < 4.78 is 0. The summed E-state index contributed by atoms with van der Waals surface area (Å²) >= 11 is 0. The van der Waals surface area contributed by atoms with Gasteiger partial charge in [0.05, 0.1) is 6.04 Å². The Morgan fingerprint density at radius 2 is 1.79 bits per heavy atom. The predicted molar refractivity (Wildman–Crippen MR) is 98.6 cm³/mol. The highest BCUT2D eigenvalue weighted by Gasteiger charge is 2.26. The van der Waals surface area contributed by atoms with E-state index < -0.39 is 0 Å². The highest BCUT2D eigenvalue weighted by Crippen LogP contribution is 2.08. The lowest BCUT2D eigenvalue weighted by Gasteiger charge is -2.37. The van der Waals surface area contributed by atoms with Gasteiger partial charge in [-0.05, 0) is 18.5 Å². The summed E-state index contributed by atoms with van der Waals surface area (Å²) in [6, 6.07) is 10.2. The summed E-state index contributed by atoms with van der Waals surface area (Å²) in [5, 5.41) is 0. The summed E-state index contributed by atoms with van der Waals surface area (Å²) in [5.74, 6) is 0.299. The smallest absolute Gasteiger partial charge is 0.239 e. The highest BCUT2D eigenvalue weighted by molar-refractivity contribution is 5.82. The molecule has 0 radical (unpaired) electrons. The lowest BCUT2D eigenvalue weighted by molar-refractivity contribution is -0.135. The maximum atomic E-state index is 12.3. The SMILES string of the molecule is CC(C)[C@H](N)C(=O)N1CCN(CCN(C)Cc2ccccc2)CC1.